The number of Topliss-reactive ketones (excluding diaryl/α,β-unsaturated/α-hetero) is 1. The third-order valence-electron chi connectivity index (χ3n) is 5.36. The fourth-order valence-electron chi connectivity index (χ4n) is 2.33. The number of nitrogens with one attached hydrogen (secondary N) is 1. The summed E-state index contributed by atoms with van der Waals surface area (Å²) in [4.78, 5) is 9.81. The molecule has 0 heterocycles. The van der Waals surface area contributed by atoms with Crippen LogP contribution in [0.2, 0.25) is 0 Å². The van der Waals surface area contributed by atoms with E-state index >= 15 is 0 Å². The Kier molecular flexibility index (Phi) is 29.5. The molecule has 0 saturated heterocycles. The number of hydrogen-bond acceptors (Lipinski definition) is 3. The topological polar surface area (TPSA) is 49.3 Å². The van der Waals surface area contributed by atoms with Gasteiger partial charge < -0.3 is 15.2 Å². The Morgan fingerprint density at radius 2 is 1.24 bits per heavy atom. The number of hydrogen-bond donors (Lipinski definition) is 2. The van der Waals surface area contributed by atoms with Gasteiger partial charge in [0, 0.05) is 23.4 Å². The van der Waals surface area contributed by atoms with E-state index in [1.165, 1.54) is 51.4 Å². The first-order valence-electron chi connectivity index (χ1n) is 14.4. The second kappa shape index (κ2) is 28.0. The van der Waals surface area contributed by atoms with E-state index in [9.17, 15) is 9.90 Å². The molecule has 2 aromatic carbocycles. The standard InChI is InChI=1S/C16H17NO.C6H14.C4H8O.2C4H10/c1-11-8-9-16(18)14(10-11)13(3)17-15-7-5-4-6-12(15)2;1-3-5-6-4-2;1-3-4(2)5;2*1-3-4-2/h4-10,17-18H,3H2,1-2H3;3-6H2,1-2H3;3H2,1-2H3;2*3-4H2,1-2H3. The monoisotopic (exact) mass is 513 g/mol. The Morgan fingerprint density at radius 3 is 1.62 bits per heavy atom. The molecule has 0 radical (unpaired) electrons. The van der Waals surface area contributed by atoms with Gasteiger partial charge in [0.15, 0.2) is 0 Å². The highest BCUT2D eigenvalue weighted by Gasteiger charge is 2.06. The van der Waals surface area contributed by atoms with Crippen LogP contribution in [0.3, 0.4) is 0 Å². The highest BCUT2D eigenvalue weighted by atomic mass is 16.3. The lowest BCUT2D eigenvalue weighted by atomic mass is 10.1. The molecule has 3 heteroatoms. The van der Waals surface area contributed by atoms with Crippen molar-refractivity contribution in [1.82, 2.24) is 0 Å². The molecular formula is C34H59NO2. The van der Waals surface area contributed by atoms with Crippen LogP contribution in [0.1, 0.15) is 130 Å². The molecule has 0 atom stereocenters. The van der Waals surface area contributed by atoms with E-state index < -0.39 is 0 Å². The number of aromatic hydroxyl groups is 1. The van der Waals surface area contributed by atoms with Crippen molar-refractivity contribution >= 4 is 17.2 Å². The molecule has 0 saturated carbocycles. The van der Waals surface area contributed by atoms with Crippen LogP contribution >= 0.6 is 0 Å². The van der Waals surface area contributed by atoms with Crippen LogP contribution in [0.5, 0.6) is 5.75 Å². The smallest absolute Gasteiger partial charge is 0.129 e. The van der Waals surface area contributed by atoms with Gasteiger partial charge in [-0.1, -0.05) is 136 Å². The van der Waals surface area contributed by atoms with Crippen molar-refractivity contribution in [1.29, 1.82) is 0 Å². The number of aryl methyl sites for hydroxylation is 2. The minimum atomic E-state index is 0.242. The number of carbonyl (C=O) groups excluding carboxylic acids is 1. The van der Waals surface area contributed by atoms with Crippen molar-refractivity contribution in [2.45, 2.75) is 127 Å². The summed E-state index contributed by atoms with van der Waals surface area (Å²) in [6, 6.07) is 13.5. The molecule has 212 valence electrons. The summed E-state index contributed by atoms with van der Waals surface area (Å²) in [5.41, 5.74) is 4.67. The molecule has 0 spiro atoms. The quantitative estimate of drug-likeness (QED) is 0.328. The number of unbranched alkanes of at least 4 members (excludes halogenated alkanes) is 5. The molecule has 0 aliphatic heterocycles. The molecule has 0 aliphatic rings. The van der Waals surface area contributed by atoms with Gasteiger partial charge in [-0.05, 0) is 44.5 Å². The molecule has 3 nitrogen and oxygen atoms in total. The molecule has 0 unspecified atom stereocenters. The highest BCUT2D eigenvalue weighted by Crippen LogP contribution is 2.27. The first-order chi connectivity index (χ1) is 17.6. The van der Waals surface area contributed by atoms with E-state index in [4.69, 9.17) is 0 Å². The summed E-state index contributed by atoms with van der Waals surface area (Å²) in [5, 5.41) is 13.1. The molecule has 37 heavy (non-hydrogen) atoms. The fraction of sp³-hybridized carbons (Fsp3) is 0.559. The van der Waals surface area contributed by atoms with Gasteiger partial charge in [-0.3, -0.25) is 0 Å². The van der Waals surface area contributed by atoms with Crippen molar-refractivity contribution in [2.24, 2.45) is 0 Å². The Labute approximate surface area is 230 Å². The summed E-state index contributed by atoms with van der Waals surface area (Å²) in [7, 11) is 0. The lowest BCUT2D eigenvalue weighted by Gasteiger charge is -2.13. The van der Waals surface area contributed by atoms with Crippen LogP contribution < -0.4 is 5.32 Å². The fourth-order valence-corrected chi connectivity index (χ4v) is 2.33. The van der Waals surface area contributed by atoms with Gasteiger partial charge in [-0.15, -0.1) is 0 Å². The van der Waals surface area contributed by atoms with Crippen LogP contribution in [0.4, 0.5) is 5.69 Å². The summed E-state index contributed by atoms with van der Waals surface area (Å²) >= 11 is 0. The molecule has 0 aliphatic carbocycles. The number of para-hydroxylation sites is 1. The SMILES string of the molecule is C=C(Nc1ccccc1C)c1cc(C)ccc1O.CCC(C)=O.CCCC.CCCC.CCCCCC. The number of ketones is 1. The van der Waals surface area contributed by atoms with E-state index in [1.54, 1.807) is 13.0 Å². The molecule has 2 N–H and O–H groups in total. The first-order valence-corrected chi connectivity index (χ1v) is 14.4. The molecule has 2 aromatic rings. The zero-order valence-corrected chi connectivity index (χ0v) is 26.0. The normalized spacial score (nSPS) is 9.03. The molecule has 0 fully saturated rings. The summed E-state index contributed by atoms with van der Waals surface area (Å²) in [5.74, 6) is 0.497. The number of rotatable bonds is 9. The lowest BCUT2D eigenvalue weighted by molar-refractivity contribution is -0.116. The second-order valence-corrected chi connectivity index (χ2v) is 9.20. The Bertz CT molecular complexity index is 799. The Hall–Kier alpha value is -2.55. The minimum Gasteiger partial charge on any atom is -0.507 e. The lowest BCUT2D eigenvalue weighted by Crippen LogP contribution is -1.99. The number of carbonyl (C=O) groups is 1. The molecule has 0 aromatic heterocycles. The average Bonchev–Trinajstić information content (AvgIpc) is 2.91. The van der Waals surface area contributed by atoms with Gasteiger partial charge in [0.1, 0.15) is 11.5 Å². The van der Waals surface area contributed by atoms with Crippen molar-refractivity contribution in [3.8, 4) is 5.75 Å². The van der Waals surface area contributed by atoms with Crippen LogP contribution in [0.25, 0.3) is 5.70 Å². The zero-order chi connectivity index (χ0) is 29.1. The average molecular weight is 514 g/mol. The van der Waals surface area contributed by atoms with E-state index in [-0.39, 0.29) is 11.5 Å². The predicted octanol–water partition coefficient (Wildman–Crippen LogP) is 11.3. The van der Waals surface area contributed by atoms with Gasteiger partial charge in [0.05, 0.1) is 0 Å². The van der Waals surface area contributed by atoms with Crippen molar-refractivity contribution < 1.29 is 9.90 Å². The van der Waals surface area contributed by atoms with Gasteiger partial charge in [0.25, 0.3) is 0 Å². The maximum absolute atomic E-state index is 9.85. The Balaban J connectivity index is -0.000000499. The molecule has 0 bridgehead atoms. The van der Waals surface area contributed by atoms with E-state index in [1.807, 2.05) is 57.2 Å². The van der Waals surface area contributed by atoms with E-state index in [0.29, 0.717) is 12.1 Å². The largest absolute Gasteiger partial charge is 0.507 e. The van der Waals surface area contributed by atoms with Gasteiger partial charge in [-0.2, -0.15) is 0 Å². The van der Waals surface area contributed by atoms with E-state index in [0.717, 1.165) is 22.4 Å². The summed E-state index contributed by atoms with van der Waals surface area (Å²) in [6.45, 7) is 24.6. The van der Waals surface area contributed by atoms with Crippen LogP contribution in [-0.2, 0) is 4.79 Å². The second-order valence-electron chi connectivity index (χ2n) is 9.20. The number of phenols is 1. The maximum Gasteiger partial charge on any atom is 0.129 e. The molecular weight excluding hydrogens is 454 g/mol. The van der Waals surface area contributed by atoms with Crippen molar-refractivity contribution in [2.75, 3.05) is 5.32 Å². The number of benzene rings is 2. The maximum atomic E-state index is 9.85. The van der Waals surface area contributed by atoms with Crippen LogP contribution in [0, 0.1) is 13.8 Å². The van der Waals surface area contributed by atoms with Gasteiger partial charge in [0.2, 0.25) is 0 Å². The third kappa shape index (κ3) is 24.9. The molecule has 0 amide bonds. The zero-order valence-electron chi connectivity index (χ0n) is 26.0. The van der Waals surface area contributed by atoms with Crippen molar-refractivity contribution in [3.05, 3.63) is 65.7 Å². The van der Waals surface area contributed by atoms with E-state index in [2.05, 4.69) is 53.4 Å². The van der Waals surface area contributed by atoms with Crippen molar-refractivity contribution in [3.63, 3.8) is 0 Å². The molecule has 2 rings (SSSR count). The number of phenolic OH excluding ortho intramolecular Hbond substituents is 1. The minimum absolute atomic E-state index is 0.242. The predicted molar refractivity (Wildman–Crippen MR) is 169 cm³/mol. The number of anilines is 1. The Morgan fingerprint density at radius 1 is 0.784 bits per heavy atom. The third-order valence-corrected chi connectivity index (χ3v) is 5.36. The van der Waals surface area contributed by atoms with Gasteiger partial charge in [-0.25, -0.2) is 0 Å². The van der Waals surface area contributed by atoms with Crippen LogP contribution in [-0.4, -0.2) is 10.9 Å². The van der Waals surface area contributed by atoms with Crippen LogP contribution in [0.15, 0.2) is 49.0 Å². The highest BCUT2D eigenvalue weighted by molar-refractivity contribution is 5.79. The van der Waals surface area contributed by atoms with Gasteiger partial charge >= 0.3 is 0 Å². The first kappa shape index (κ1) is 39.0. The summed E-state index contributed by atoms with van der Waals surface area (Å²) in [6.07, 6.45) is 11.5. The summed E-state index contributed by atoms with van der Waals surface area (Å²) < 4.78 is 0.